The van der Waals surface area contributed by atoms with Gasteiger partial charge in [-0.05, 0) is 0 Å². The van der Waals surface area contributed by atoms with Crippen LogP contribution in [0, 0.1) is 6.92 Å². The molecule has 0 fully saturated rings. The van der Waals surface area contributed by atoms with Crippen molar-refractivity contribution in [3.05, 3.63) is 77.2 Å². The molecule has 1 aromatic carbocycles. The predicted molar refractivity (Wildman–Crippen MR) is 80.5 cm³/mol. The number of aromatic amines is 2. The average Bonchev–Trinajstić information content (AvgIpc) is 3.01. The van der Waals surface area contributed by atoms with Gasteiger partial charge in [-0.1, -0.05) is 0 Å². The number of benzene rings is 1. The van der Waals surface area contributed by atoms with Gasteiger partial charge in [0.25, 0.3) is 0 Å². The van der Waals surface area contributed by atoms with Crippen LogP contribution >= 0.6 is 0 Å². The third kappa shape index (κ3) is 2.90. The molecule has 2 aromatic heterocycles. The zero-order chi connectivity index (χ0) is 13.2. The van der Waals surface area contributed by atoms with E-state index in [1.54, 1.807) is 0 Å². The summed E-state index contributed by atoms with van der Waals surface area (Å²) in [5.74, 6) is 0.273. The molecule has 1 atom stereocenters. The van der Waals surface area contributed by atoms with Crippen LogP contribution < -0.4 is 0.665 Å². The van der Waals surface area contributed by atoms with Crippen molar-refractivity contribution in [2.24, 2.45) is 0 Å². The van der Waals surface area contributed by atoms with Crippen LogP contribution in [0.25, 0.3) is 0 Å². The minimum absolute atomic E-state index is 0.273. The molecule has 0 amide bonds. The topological polar surface area (TPSA) is 31.6 Å². The van der Waals surface area contributed by atoms with E-state index in [-0.39, 0.29) is 5.92 Å². The van der Waals surface area contributed by atoms with E-state index >= 15 is 0 Å². The normalized spacial score (nSPS) is 12.4. The SMILES string of the molecule is Cc1ccc(C(c2ccccc2)c2cc[c]([SrH])[nH]2)[nH]1. The molecule has 0 spiro atoms. The second-order valence-electron chi connectivity index (χ2n) is 5.04. The summed E-state index contributed by atoms with van der Waals surface area (Å²) >= 11 is 0.525. The third-order valence-electron chi connectivity index (χ3n) is 3.46. The molecule has 3 heteroatoms. The Bertz CT molecular complexity index is 627. The van der Waals surface area contributed by atoms with Crippen molar-refractivity contribution in [2.45, 2.75) is 12.8 Å². The van der Waals surface area contributed by atoms with Crippen molar-refractivity contribution in [1.29, 1.82) is 0 Å². The molecule has 3 rings (SSSR count). The Kier molecular flexibility index (Phi) is 3.99. The molecule has 19 heavy (non-hydrogen) atoms. The summed E-state index contributed by atoms with van der Waals surface area (Å²) in [6.45, 7) is 2.10. The first-order valence-corrected chi connectivity index (χ1v) is 9.06. The van der Waals surface area contributed by atoms with E-state index in [1.165, 1.54) is 23.3 Å². The summed E-state index contributed by atoms with van der Waals surface area (Å²) in [5.41, 5.74) is 5.06. The van der Waals surface area contributed by atoms with Crippen molar-refractivity contribution >= 4 is 43.9 Å². The van der Waals surface area contributed by atoms with Gasteiger partial charge in [0, 0.05) is 0 Å². The molecule has 3 aromatic rings. The second kappa shape index (κ2) is 5.71. The minimum atomic E-state index is 0.273. The van der Waals surface area contributed by atoms with Crippen LogP contribution in [0.5, 0.6) is 0 Å². The predicted octanol–water partition coefficient (Wildman–Crippen LogP) is 2.36. The fourth-order valence-electron chi connectivity index (χ4n) is 2.56. The maximum atomic E-state index is 3.56. The van der Waals surface area contributed by atoms with Gasteiger partial charge < -0.3 is 0 Å². The standard InChI is InChI=1S/C16H15N2.Sr.H/c1-12-9-10-15(18-12)16(14-8-5-11-17-14)13-6-3-2-4-7-13;;/h2-10,16-18H,1H3;;. The van der Waals surface area contributed by atoms with Crippen LogP contribution in [-0.2, 0) is 0 Å². The van der Waals surface area contributed by atoms with Gasteiger partial charge in [-0.15, -0.1) is 0 Å². The molecule has 0 bridgehead atoms. The Balaban J connectivity index is 2.11. The summed E-state index contributed by atoms with van der Waals surface area (Å²) < 4.78 is 1.40. The molecule has 0 aliphatic heterocycles. The number of aryl methyl sites for hydroxylation is 1. The Morgan fingerprint density at radius 1 is 0.842 bits per heavy atom. The molecular formula is C16H16N2Sr. The van der Waals surface area contributed by atoms with Gasteiger partial charge in [0.15, 0.2) is 0 Å². The number of hydrogen-bond acceptors (Lipinski definition) is 0. The fraction of sp³-hybridized carbons (Fsp3) is 0.125. The van der Waals surface area contributed by atoms with Gasteiger partial charge >= 0.3 is 144 Å². The van der Waals surface area contributed by atoms with Crippen molar-refractivity contribution in [3.8, 4) is 0 Å². The van der Waals surface area contributed by atoms with Crippen LogP contribution in [-0.4, -0.2) is 53.2 Å². The second-order valence-corrected chi connectivity index (χ2v) is 7.69. The molecule has 0 radical (unpaired) electrons. The summed E-state index contributed by atoms with van der Waals surface area (Å²) in [7, 11) is 0. The van der Waals surface area contributed by atoms with Crippen LogP contribution in [0.4, 0.5) is 0 Å². The van der Waals surface area contributed by atoms with Crippen molar-refractivity contribution in [1.82, 2.24) is 9.97 Å². The molecular weight excluding hydrogens is 308 g/mol. The Hall–Kier alpha value is -0.739. The quantitative estimate of drug-likeness (QED) is 0.694. The van der Waals surface area contributed by atoms with Gasteiger partial charge in [-0.2, -0.15) is 0 Å². The fourth-order valence-corrected chi connectivity index (χ4v) is 3.68. The number of H-pyrrole nitrogens is 2. The van der Waals surface area contributed by atoms with E-state index in [0.29, 0.717) is 43.3 Å². The molecule has 1 unspecified atom stereocenters. The number of aromatic nitrogens is 2. The number of nitrogens with one attached hydrogen (secondary N) is 2. The number of hydrogen-bond donors (Lipinski definition) is 2. The Labute approximate surface area is 142 Å². The van der Waals surface area contributed by atoms with Crippen molar-refractivity contribution in [2.75, 3.05) is 0 Å². The van der Waals surface area contributed by atoms with Crippen molar-refractivity contribution < 1.29 is 0 Å². The monoisotopic (exact) mass is 324 g/mol. The van der Waals surface area contributed by atoms with Gasteiger partial charge in [-0.25, -0.2) is 0 Å². The zero-order valence-corrected chi connectivity index (χ0v) is 16.2. The van der Waals surface area contributed by atoms with Crippen LogP contribution in [0.2, 0.25) is 0 Å². The Morgan fingerprint density at radius 2 is 1.53 bits per heavy atom. The van der Waals surface area contributed by atoms with Crippen LogP contribution in [0.1, 0.15) is 28.6 Å². The molecule has 0 saturated carbocycles. The molecule has 2 heterocycles. The zero-order valence-electron chi connectivity index (χ0n) is 11.3. The summed E-state index contributed by atoms with van der Waals surface area (Å²) in [6, 6.07) is 19.4. The van der Waals surface area contributed by atoms with Gasteiger partial charge in [0.1, 0.15) is 0 Å². The Morgan fingerprint density at radius 3 is 2.11 bits per heavy atom. The van der Waals surface area contributed by atoms with E-state index in [1.807, 2.05) is 0 Å². The van der Waals surface area contributed by atoms with Crippen molar-refractivity contribution in [3.63, 3.8) is 0 Å². The molecule has 0 saturated heterocycles. The third-order valence-corrected chi connectivity index (χ3v) is 4.90. The van der Waals surface area contributed by atoms with Crippen LogP contribution in [0.3, 0.4) is 0 Å². The van der Waals surface area contributed by atoms with Gasteiger partial charge in [-0.3, -0.25) is 0 Å². The van der Waals surface area contributed by atoms with E-state index in [0.717, 1.165) is 0 Å². The molecule has 0 aliphatic carbocycles. The van der Waals surface area contributed by atoms with E-state index in [9.17, 15) is 0 Å². The molecule has 92 valence electrons. The van der Waals surface area contributed by atoms with Gasteiger partial charge in [0.2, 0.25) is 0 Å². The first-order chi connectivity index (χ1) is 9.24. The van der Waals surface area contributed by atoms with E-state index in [4.69, 9.17) is 0 Å². The first kappa shape index (κ1) is 13.3. The molecule has 2 nitrogen and oxygen atoms in total. The van der Waals surface area contributed by atoms with Crippen LogP contribution in [0.15, 0.2) is 54.6 Å². The van der Waals surface area contributed by atoms with Gasteiger partial charge in [0.05, 0.1) is 0 Å². The first-order valence-electron chi connectivity index (χ1n) is 6.60. The maximum absolute atomic E-state index is 3.56. The summed E-state index contributed by atoms with van der Waals surface area (Å²) in [6.07, 6.45) is 0. The van der Waals surface area contributed by atoms with E-state index in [2.05, 4.69) is 71.5 Å². The van der Waals surface area contributed by atoms with E-state index < -0.39 is 0 Å². The summed E-state index contributed by atoms with van der Waals surface area (Å²) in [4.78, 5) is 7.04. The molecule has 0 aliphatic rings. The molecule has 2 N–H and O–H groups in total. The average molecular weight is 324 g/mol. The number of rotatable bonds is 3. The summed E-state index contributed by atoms with van der Waals surface area (Å²) in [5, 5.41) is 0.